The first-order valence-corrected chi connectivity index (χ1v) is 8.51. The fourth-order valence-corrected chi connectivity index (χ4v) is 2.47. The normalized spacial score (nSPS) is 10.9. The van der Waals surface area contributed by atoms with E-state index >= 15 is 0 Å². The Morgan fingerprint density at radius 3 is 2.46 bits per heavy atom. The Labute approximate surface area is 151 Å². The van der Waals surface area contributed by atoms with Crippen LogP contribution in [0, 0.1) is 0 Å². The van der Waals surface area contributed by atoms with Crippen LogP contribution in [0.25, 0.3) is 0 Å². The number of carbonyl (C=O) groups is 2. The Morgan fingerprint density at radius 1 is 1.25 bits per heavy atom. The molecule has 0 spiro atoms. The number of rotatable bonds is 8. The summed E-state index contributed by atoms with van der Waals surface area (Å²) >= 11 is 3.33. The molecule has 1 N–H and O–H groups in total. The molecule has 0 saturated heterocycles. The second kappa shape index (κ2) is 8.92. The lowest BCUT2D eigenvalue weighted by atomic mass is 10.0. The fourth-order valence-electron chi connectivity index (χ4n) is 1.86. The van der Waals surface area contributed by atoms with E-state index in [0.29, 0.717) is 22.6 Å². The Kier molecular flexibility index (Phi) is 7.54. The second-order valence-electron chi connectivity index (χ2n) is 5.78. The maximum atomic E-state index is 12.2. The largest absolute Gasteiger partial charge is 0.492 e. The quantitative estimate of drug-likeness (QED) is 0.676. The molecule has 0 aromatic heterocycles. The fraction of sp³-hybridized carbons (Fsp3) is 0.529. The van der Waals surface area contributed by atoms with Crippen LogP contribution in [-0.2, 0) is 9.53 Å². The molecule has 0 fully saturated rings. The standard InChI is InChI=1S/C17H24BrNO5/c1-6-17(3,4)19-14(20)10-24-16(21)11-8-12(18)15(22-5)13(9-11)23-7-2/h8-9H,6-7,10H2,1-5H3,(H,19,20). The maximum Gasteiger partial charge on any atom is 0.338 e. The van der Waals surface area contributed by atoms with Gasteiger partial charge in [-0.25, -0.2) is 4.79 Å². The van der Waals surface area contributed by atoms with Gasteiger partial charge in [0.1, 0.15) is 0 Å². The van der Waals surface area contributed by atoms with Crippen molar-refractivity contribution in [1.29, 1.82) is 0 Å². The van der Waals surface area contributed by atoms with Gasteiger partial charge in [0.25, 0.3) is 5.91 Å². The van der Waals surface area contributed by atoms with Crippen LogP contribution in [0.1, 0.15) is 44.5 Å². The van der Waals surface area contributed by atoms with Crippen molar-refractivity contribution in [3.63, 3.8) is 0 Å². The van der Waals surface area contributed by atoms with Gasteiger partial charge in [-0.05, 0) is 55.3 Å². The minimum Gasteiger partial charge on any atom is -0.492 e. The van der Waals surface area contributed by atoms with Gasteiger partial charge in [0, 0.05) is 5.54 Å². The zero-order chi connectivity index (χ0) is 18.3. The third-order valence-corrected chi connectivity index (χ3v) is 4.03. The summed E-state index contributed by atoms with van der Waals surface area (Å²) < 4.78 is 16.3. The van der Waals surface area contributed by atoms with Crippen LogP contribution in [0.2, 0.25) is 0 Å². The predicted molar refractivity (Wildman–Crippen MR) is 94.7 cm³/mol. The Morgan fingerprint density at radius 2 is 1.92 bits per heavy atom. The summed E-state index contributed by atoms with van der Waals surface area (Å²) in [5, 5.41) is 2.80. The minimum absolute atomic E-state index is 0.272. The summed E-state index contributed by atoms with van der Waals surface area (Å²) in [5.74, 6) is -0.0229. The Bertz CT molecular complexity index is 601. The van der Waals surface area contributed by atoms with Crippen LogP contribution in [0.15, 0.2) is 16.6 Å². The van der Waals surface area contributed by atoms with Crippen LogP contribution in [-0.4, -0.2) is 37.7 Å². The molecule has 7 heteroatoms. The highest BCUT2D eigenvalue weighted by Gasteiger charge is 2.20. The number of amides is 1. The van der Waals surface area contributed by atoms with E-state index in [2.05, 4.69) is 21.2 Å². The number of methoxy groups -OCH3 is 1. The molecule has 0 aliphatic heterocycles. The smallest absolute Gasteiger partial charge is 0.338 e. The first kappa shape index (κ1) is 20.3. The van der Waals surface area contributed by atoms with Crippen LogP contribution >= 0.6 is 15.9 Å². The third kappa shape index (κ3) is 5.70. The zero-order valence-electron chi connectivity index (χ0n) is 14.7. The van der Waals surface area contributed by atoms with E-state index in [0.717, 1.165) is 6.42 Å². The van der Waals surface area contributed by atoms with E-state index in [4.69, 9.17) is 14.2 Å². The van der Waals surface area contributed by atoms with E-state index < -0.39 is 5.97 Å². The lowest BCUT2D eigenvalue weighted by Gasteiger charge is -2.24. The van der Waals surface area contributed by atoms with Crippen LogP contribution < -0.4 is 14.8 Å². The van der Waals surface area contributed by atoms with Gasteiger partial charge in [-0.2, -0.15) is 0 Å². The SMILES string of the molecule is CCOc1cc(C(=O)OCC(=O)NC(C)(C)CC)cc(Br)c1OC. The van der Waals surface area contributed by atoms with Crippen molar-refractivity contribution in [2.45, 2.75) is 39.7 Å². The second-order valence-corrected chi connectivity index (χ2v) is 6.64. The lowest BCUT2D eigenvalue weighted by Crippen LogP contribution is -2.44. The molecular weight excluding hydrogens is 378 g/mol. The molecule has 1 aromatic carbocycles. The highest BCUT2D eigenvalue weighted by Crippen LogP contribution is 2.36. The molecule has 134 valence electrons. The van der Waals surface area contributed by atoms with E-state index in [1.165, 1.54) is 13.2 Å². The number of benzene rings is 1. The minimum atomic E-state index is -0.608. The first-order valence-electron chi connectivity index (χ1n) is 7.72. The number of ether oxygens (including phenoxy) is 3. The van der Waals surface area contributed by atoms with Crippen molar-refractivity contribution in [1.82, 2.24) is 5.32 Å². The van der Waals surface area contributed by atoms with Crippen molar-refractivity contribution in [2.24, 2.45) is 0 Å². The van der Waals surface area contributed by atoms with Crippen molar-refractivity contribution >= 4 is 27.8 Å². The lowest BCUT2D eigenvalue weighted by molar-refractivity contribution is -0.125. The average Bonchev–Trinajstić information content (AvgIpc) is 2.52. The van der Waals surface area contributed by atoms with E-state index in [1.54, 1.807) is 6.07 Å². The number of esters is 1. The van der Waals surface area contributed by atoms with Crippen LogP contribution in [0.5, 0.6) is 11.5 Å². The van der Waals surface area contributed by atoms with E-state index in [-0.39, 0.29) is 23.6 Å². The van der Waals surface area contributed by atoms with Crippen molar-refractivity contribution in [3.8, 4) is 11.5 Å². The van der Waals surface area contributed by atoms with Gasteiger partial charge in [-0.1, -0.05) is 6.92 Å². The number of hydrogen-bond acceptors (Lipinski definition) is 5. The monoisotopic (exact) mass is 401 g/mol. The molecule has 24 heavy (non-hydrogen) atoms. The van der Waals surface area contributed by atoms with Gasteiger partial charge in [-0.15, -0.1) is 0 Å². The molecule has 0 aliphatic carbocycles. The van der Waals surface area contributed by atoms with Gasteiger partial charge in [0.15, 0.2) is 18.1 Å². The molecule has 0 saturated carbocycles. The summed E-state index contributed by atoms with van der Waals surface area (Å²) in [6, 6.07) is 3.10. The highest BCUT2D eigenvalue weighted by molar-refractivity contribution is 9.10. The van der Waals surface area contributed by atoms with Gasteiger partial charge in [0.2, 0.25) is 0 Å². The average molecular weight is 402 g/mol. The van der Waals surface area contributed by atoms with Crippen molar-refractivity contribution in [3.05, 3.63) is 22.2 Å². The van der Waals surface area contributed by atoms with Gasteiger partial charge in [-0.3, -0.25) is 4.79 Å². The molecular formula is C17H24BrNO5. The number of hydrogen-bond donors (Lipinski definition) is 1. The number of halogens is 1. The molecule has 1 aromatic rings. The number of carbonyl (C=O) groups excluding carboxylic acids is 2. The van der Waals surface area contributed by atoms with E-state index in [1.807, 2.05) is 27.7 Å². The summed E-state index contributed by atoms with van der Waals surface area (Å²) in [5.41, 5.74) is -0.0666. The molecule has 0 unspecified atom stereocenters. The third-order valence-electron chi connectivity index (χ3n) is 3.45. The van der Waals surface area contributed by atoms with Crippen molar-refractivity contribution < 1.29 is 23.8 Å². The predicted octanol–water partition coefficient (Wildman–Crippen LogP) is 3.32. The summed E-state index contributed by atoms with van der Waals surface area (Å²) in [6.45, 7) is 7.70. The van der Waals surface area contributed by atoms with Gasteiger partial charge < -0.3 is 19.5 Å². The molecule has 6 nitrogen and oxygen atoms in total. The summed E-state index contributed by atoms with van der Waals surface area (Å²) in [6.07, 6.45) is 0.774. The summed E-state index contributed by atoms with van der Waals surface area (Å²) in [4.78, 5) is 24.0. The molecule has 0 radical (unpaired) electrons. The zero-order valence-corrected chi connectivity index (χ0v) is 16.3. The molecule has 1 amide bonds. The topological polar surface area (TPSA) is 73.9 Å². The Balaban J connectivity index is 2.80. The van der Waals surface area contributed by atoms with Gasteiger partial charge in [0.05, 0.1) is 23.8 Å². The summed E-state index contributed by atoms with van der Waals surface area (Å²) in [7, 11) is 1.51. The first-order chi connectivity index (χ1) is 11.2. The highest BCUT2D eigenvalue weighted by atomic mass is 79.9. The molecule has 1 rings (SSSR count). The molecule has 0 heterocycles. The van der Waals surface area contributed by atoms with Crippen LogP contribution in [0.3, 0.4) is 0 Å². The molecule has 0 aliphatic rings. The van der Waals surface area contributed by atoms with E-state index in [9.17, 15) is 9.59 Å². The maximum absolute atomic E-state index is 12.2. The Hall–Kier alpha value is -1.76. The molecule has 0 bridgehead atoms. The molecule has 0 atom stereocenters. The van der Waals surface area contributed by atoms with Crippen molar-refractivity contribution in [2.75, 3.05) is 20.3 Å². The van der Waals surface area contributed by atoms with Crippen LogP contribution in [0.4, 0.5) is 0 Å². The number of nitrogens with one attached hydrogen (secondary N) is 1. The van der Waals surface area contributed by atoms with Gasteiger partial charge >= 0.3 is 5.97 Å².